The van der Waals surface area contributed by atoms with Crippen molar-refractivity contribution in [3.05, 3.63) is 36.4 Å². The molecular formula is C10H14N2O. The minimum atomic E-state index is -0.172. The Morgan fingerprint density at radius 2 is 2.23 bits per heavy atom. The van der Waals surface area contributed by atoms with E-state index in [0.717, 1.165) is 5.56 Å². The largest absolute Gasteiger partial charge is 0.495 e. The molecule has 0 amide bonds. The van der Waals surface area contributed by atoms with E-state index in [4.69, 9.17) is 16.2 Å². The summed E-state index contributed by atoms with van der Waals surface area (Å²) < 4.78 is 5.07. The number of rotatable bonds is 3. The summed E-state index contributed by atoms with van der Waals surface area (Å²) in [5, 5.41) is 0. The molecule has 0 saturated heterocycles. The molecular weight excluding hydrogens is 164 g/mol. The SMILES string of the molecule is C=CC(N)c1ccc(N)c(OC)c1. The summed E-state index contributed by atoms with van der Waals surface area (Å²) in [7, 11) is 1.58. The molecule has 0 bridgehead atoms. The van der Waals surface area contributed by atoms with Crippen LogP contribution in [0.2, 0.25) is 0 Å². The van der Waals surface area contributed by atoms with Gasteiger partial charge in [0.25, 0.3) is 0 Å². The lowest BCUT2D eigenvalue weighted by Crippen LogP contribution is -2.06. The Morgan fingerprint density at radius 3 is 2.77 bits per heavy atom. The summed E-state index contributed by atoms with van der Waals surface area (Å²) in [6.07, 6.45) is 1.67. The molecule has 0 heterocycles. The average Bonchev–Trinajstić information content (AvgIpc) is 2.17. The summed E-state index contributed by atoms with van der Waals surface area (Å²) in [4.78, 5) is 0. The van der Waals surface area contributed by atoms with Crippen LogP contribution in [0.15, 0.2) is 30.9 Å². The van der Waals surface area contributed by atoms with Crippen molar-refractivity contribution in [3.8, 4) is 5.75 Å². The Hall–Kier alpha value is -1.48. The van der Waals surface area contributed by atoms with Crippen molar-refractivity contribution in [3.63, 3.8) is 0 Å². The van der Waals surface area contributed by atoms with E-state index in [1.807, 2.05) is 12.1 Å². The second-order valence-corrected chi connectivity index (χ2v) is 2.76. The van der Waals surface area contributed by atoms with Gasteiger partial charge in [-0.25, -0.2) is 0 Å². The quantitative estimate of drug-likeness (QED) is 0.544. The Bertz CT molecular complexity index is 310. The van der Waals surface area contributed by atoms with E-state index in [1.54, 1.807) is 19.3 Å². The molecule has 0 spiro atoms. The number of hydrogen-bond donors (Lipinski definition) is 2. The molecule has 3 nitrogen and oxygen atoms in total. The topological polar surface area (TPSA) is 61.3 Å². The summed E-state index contributed by atoms with van der Waals surface area (Å²) in [5.41, 5.74) is 13.0. The fourth-order valence-corrected chi connectivity index (χ4v) is 1.07. The van der Waals surface area contributed by atoms with Crippen LogP contribution in [0.1, 0.15) is 11.6 Å². The Morgan fingerprint density at radius 1 is 1.54 bits per heavy atom. The van der Waals surface area contributed by atoms with Crippen molar-refractivity contribution in [1.29, 1.82) is 0 Å². The highest BCUT2D eigenvalue weighted by molar-refractivity contribution is 5.54. The highest BCUT2D eigenvalue weighted by atomic mass is 16.5. The summed E-state index contributed by atoms with van der Waals surface area (Å²) in [5.74, 6) is 0.648. The second kappa shape index (κ2) is 3.96. The summed E-state index contributed by atoms with van der Waals surface area (Å²) >= 11 is 0. The van der Waals surface area contributed by atoms with E-state index in [0.29, 0.717) is 11.4 Å². The molecule has 3 heteroatoms. The molecule has 0 aliphatic rings. The highest BCUT2D eigenvalue weighted by Gasteiger charge is 2.04. The maximum absolute atomic E-state index is 5.75. The van der Waals surface area contributed by atoms with Crippen LogP contribution in [0.5, 0.6) is 5.75 Å². The fraction of sp³-hybridized carbons (Fsp3) is 0.200. The molecule has 1 rings (SSSR count). The van der Waals surface area contributed by atoms with Crippen LogP contribution < -0.4 is 16.2 Å². The molecule has 1 atom stereocenters. The standard InChI is InChI=1S/C10H14N2O/c1-3-8(11)7-4-5-9(12)10(6-7)13-2/h3-6,8H,1,11-12H2,2H3. The van der Waals surface area contributed by atoms with Crippen LogP contribution in [0.3, 0.4) is 0 Å². The molecule has 1 aromatic rings. The zero-order chi connectivity index (χ0) is 9.84. The second-order valence-electron chi connectivity index (χ2n) is 2.76. The first-order chi connectivity index (χ1) is 6.19. The first kappa shape index (κ1) is 9.61. The van der Waals surface area contributed by atoms with Gasteiger partial charge >= 0.3 is 0 Å². The highest BCUT2D eigenvalue weighted by Crippen LogP contribution is 2.24. The number of nitrogen functional groups attached to an aromatic ring is 1. The van der Waals surface area contributed by atoms with Crippen molar-refractivity contribution in [2.24, 2.45) is 5.73 Å². The van der Waals surface area contributed by atoms with E-state index >= 15 is 0 Å². The van der Waals surface area contributed by atoms with Crippen LogP contribution in [0, 0.1) is 0 Å². The lowest BCUT2D eigenvalue weighted by atomic mass is 10.1. The maximum atomic E-state index is 5.75. The zero-order valence-electron chi connectivity index (χ0n) is 7.66. The van der Waals surface area contributed by atoms with E-state index in [9.17, 15) is 0 Å². The van der Waals surface area contributed by atoms with Gasteiger partial charge in [-0.15, -0.1) is 6.58 Å². The van der Waals surface area contributed by atoms with Gasteiger partial charge in [0, 0.05) is 6.04 Å². The molecule has 0 radical (unpaired) electrons. The van der Waals surface area contributed by atoms with Gasteiger partial charge in [0.2, 0.25) is 0 Å². The third-order valence-electron chi connectivity index (χ3n) is 1.90. The fourth-order valence-electron chi connectivity index (χ4n) is 1.07. The monoisotopic (exact) mass is 178 g/mol. The lowest BCUT2D eigenvalue weighted by Gasteiger charge is -2.10. The van der Waals surface area contributed by atoms with Gasteiger partial charge in [-0.2, -0.15) is 0 Å². The normalized spacial score (nSPS) is 12.2. The van der Waals surface area contributed by atoms with Crippen molar-refractivity contribution in [2.75, 3.05) is 12.8 Å². The predicted molar refractivity (Wildman–Crippen MR) is 54.5 cm³/mol. The Kier molecular flexibility index (Phi) is 2.93. The maximum Gasteiger partial charge on any atom is 0.142 e. The smallest absolute Gasteiger partial charge is 0.142 e. The molecule has 13 heavy (non-hydrogen) atoms. The Labute approximate surface area is 78.0 Å². The van der Waals surface area contributed by atoms with Crippen LogP contribution in [0.25, 0.3) is 0 Å². The van der Waals surface area contributed by atoms with Gasteiger partial charge in [-0.1, -0.05) is 12.1 Å². The third kappa shape index (κ3) is 2.00. The minimum Gasteiger partial charge on any atom is -0.495 e. The van der Waals surface area contributed by atoms with Gasteiger partial charge in [0.1, 0.15) is 5.75 Å². The van der Waals surface area contributed by atoms with Crippen LogP contribution >= 0.6 is 0 Å². The Balaban J connectivity index is 3.05. The molecule has 0 aromatic heterocycles. The third-order valence-corrected chi connectivity index (χ3v) is 1.90. The van der Waals surface area contributed by atoms with Gasteiger partial charge in [0.05, 0.1) is 12.8 Å². The average molecular weight is 178 g/mol. The molecule has 0 aliphatic carbocycles. The van der Waals surface area contributed by atoms with Crippen molar-refractivity contribution >= 4 is 5.69 Å². The van der Waals surface area contributed by atoms with E-state index < -0.39 is 0 Å². The van der Waals surface area contributed by atoms with E-state index in [2.05, 4.69) is 6.58 Å². The molecule has 0 saturated carbocycles. The molecule has 70 valence electrons. The molecule has 1 aromatic carbocycles. The number of methoxy groups -OCH3 is 1. The summed E-state index contributed by atoms with van der Waals surface area (Å²) in [6.45, 7) is 3.62. The van der Waals surface area contributed by atoms with Crippen molar-refractivity contribution in [1.82, 2.24) is 0 Å². The number of hydrogen-bond acceptors (Lipinski definition) is 3. The van der Waals surface area contributed by atoms with Gasteiger partial charge in [0.15, 0.2) is 0 Å². The molecule has 0 aliphatic heterocycles. The number of benzene rings is 1. The van der Waals surface area contributed by atoms with Gasteiger partial charge < -0.3 is 16.2 Å². The first-order valence-electron chi connectivity index (χ1n) is 4.00. The van der Waals surface area contributed by atoms with E-state index in [-0.39, 0.29) is 6.04 Å². The van der Waals surface area contributed by atoms with Gasteiger partial charge in [-0.3, -0.25) is 0 Å². The predicted octanol–water partition coefficient (Wildman–Crippen LogP) is 1.46. The van der Waals surface area contributed by atoms with Gasteiger partial charge in [-0.05, 0) is 17.7 Å². The van der Waals surface area contributed by atoms with Crippen LogP contribution in [0.4, 0.5) is 5.69 Å². The molecule has 4 N–H and O–H groups in total. The lowest BCUT2D eigenvalue weighted by molar-refractivity contribution is 0.416. The molecule has 1 unspecified atom stereocenters. The summed E-state index contributed by atoms with van der Waals surface area (Å²) in [6, 6.07) is 5.29. The van der Waals surface area contributed by atoms with Crippen LogP contribution in [-0.4, -0.2) is 7.11 Å². The first-order valence-corrected chi connectivity index (χ1v) is 4.00. The number of nitrogens with two attached hydrogens (primary N) is 2. The van der Waals surface area contributed by atoms with Crippen molar-refractivity contribution < 1.29 is 4.74 Å². The zero-order valence-corrected chi connectivity index (χ0v) is 7.66. The van der Waals surface area contributed by atoms with Crippen LogP contribution in [-0.2, 0) is 0 Å². The van der Waals surface area contributed by atoms with E-state index in [1.165, 1.54) is 0 Å². The minimum absolute atomic E-state index is 0.172. The number of ether oxygens (including phenoxy) is 1. The van der Waals surface area contributed by atoms with Crippen molar-refractivity contribution in [2.45, 2.75) is 6.04 Å². The number of anilines is 1. The molecule has 0 fully saturated rings.